The molecule has 1 rings (SSSR count). The van der Waals surface area contributed by atoms with E-state index in [9.17, 15) is 14.4 Å². The zero-order valence-corrected chi connectivity index (χ0v) is 6.78. The topological polar surface area (TPSA) is 80.7 Å². The van der Waals surface area contributed by atoms with Crippen LogP contribution in [0.5, 0.6) is 0 Å². The fraction of sp³-hybridized carbons (Fsp3) is 0.375. The van der Waals surface area contributed by atoms with Gasteiger partial charge in [-0.3, -0.25) is 9.59 Å². The summed E-state index contributed by atoms with van der Waals surface area (Å²) in [6, 6.07) is 0. The number of rotatable bonds is 3. The molecule has 1 aliphatic heterocycles. The molecular formula is C8H8O5. The number of hydrogen-bond acceptors (Lipinski definition) is 4. The van der Waals surface area contributed by atoms with E-state index in [2.05, 4.69) is 4.74 Å². The molecule has 0 atom stereocenters. The second kappa shape index (κ2) is 3.84. The van der Waals surface area contributed by atoms with Gasteiger partial charge >= 0.3 is 17.9 Å². The second-order valence-corrected chi connectivity index (χ2v) is 2.67. The summed E-state index contributed by atoms with van der Waals surface area (Å²) >= 11 is 0. The Hall–Kier alpha value is -1.65. The molecular weight excluding hydrogens is 176 g/mol. The van der Waals surface area contributed by atoms with Crippen molar-refractivity contribution in [1.29, 1.82) is 0 Å². The van der Waals surface area contributed by atoms with E-state index in [1.54, 1.807) is 0 Å². The fourth-order valence-corrected chi connectivity index (χ4v) is 1.01. The highest BCUT2D eigenvalue weighted by molar-refractivity contribution is 5.96. The van der Waals surface area contributed by atoms with Crippen molar-refractivity contribution < 1.29 is 24.2 Å². The van der Waals surface area contributed by atoms with E-state index in [1.807, 2.05) is 0 Å². The summed E-state index contributed by atoms with van der Waals surface area (Å²) in [6.45, 7) is 0. The van der Waals surface area contributed by atoms with Crippen LogP contribution in [0.1, 0.15) is 19.3 Å². The van der Waals surface area contributed by atoms with Gasteiger partial charge < -0.3 is 9.84 Å². The lowest BCUT2D eigenvalue weighted by Crippen LogP contribution is -2.17. The molecule has 0 aliphatic carbocycles. The highest BCUT2D eigenvalue weighted by Crippen LogP contribution is 2.15. The van der Waals surface area contributed by atoms with Crippen molar-refractivity contribution in [2.75, 3.05) is 0 Å². The van der Waals surface area contributed by atoms with Crippen LogP contribution in [0.4, 0.5) is 0 Å². The molecule has 1 N–H and O–H groups in total. The Bertz CT molecular complexity index is 289. The van der Waals surface area contributed by atoms with E-state index >= 15 is 0 Å². The largest absolute Gasteiger partial charge is 0.481 e. The van der Waals surface area contributed by atoms with Crippen LogP contribution in [-0.4, -0.2) is 23.0 Å². The van der Waals surface area contributed by atoms with Gasteiger partial charge in [-0.15, -0.1) is 0 Å². The maximum Gasteiger partial charge on any atom is 0.338 e. The summed E-state index contributed by atoms with van der Waals surface area (Å²) in [6.07, 6.45) is 1.33. The molecule has 70 valence electrons. The van der Waals surface area contributed by atoms with Gasteiger partial charge in [0.2, 0.25) is 0 Å². The molecule has 0 aromatic rings. The third kappa shape index (κ3) is 3.06. The van der Waals surface area contributed by atoms with Gasteiger partial charge in [0.05, 0.1) is 6.42 Å². The quantitative estimate of drug-likeness (QED) is 0.502. The number of hydrogen-bond donors (Lipinski definition) is 1. The zero-order valence-electron chi connectivity index (χ0n) is 6.78. The summed E-state index contributed by atoms with van der Waals surface area (Å²) in [5.74, 6) is -2.28. The number of aliphatic carboxylic acids is 1. The molecule has 0 saturated heterocycles. The highest BCUT2D eigenvalue weighted by Gasteiger charge is 2.18. The maximum atomic E-state index is 10.7. The molecule has 1 heterocycles. The summed E-state index contributed by atoms with van der Waals surface area (Å²) in [5, 5.41) is 8.35. The van der Waals surface area contributed by atoms with E-state index in [4.69, 9.17) is 5.11 Å². The molecule has 0 spiro atoms. The van der Waals surface area contributed by atoms with Crippen molar-refractivity contribution >= 4 is 17.9 Å². The number of carboxylic acid groups (broad SMARTS) is 1. The van der Waals surface area contributed by atoms with Crippen LogP contribution in [0, 0.1) is 0 Å². The summed E-state index contributed by atoms with van der Waals surface area (Å²) in [4.78, 5) is 31.5. The molecule has 0 radical (unpaired) electrons. The van der Waals surface area contributed by atoms with Gasteiger partial charge in [-0.1, -0.05) is 5.57 Å². The Kier molecular flexibility index (Phi) is 2.79. The molecule has 0 fully saturated rings. The molecule has 0 bridgehead atoms. The maximum absolute atomic E-state index is 10.7. The third-order valence-corrected chi connectivity index (χ3v) is 1.57. The summed E-state index contributed by atoms with van der Waals surface area (Å²) < 4.78 is 4.22. The minimum absolute atomic E-state index is 0.0129. The van der Waals surface area contributed by atoms with E-state index in [0.29, 0.717) is 5.57 Å². The molecule has 0 saturated carbocycles. The molecule has 0 unspecified atom stereocenters. The predicted molar refractivity (Wildman–Crippen MR) is 40.7 cm³/mol. The molecule has 0 aromatic carbocycles. The normalized spacial score (nSPS) is 16.5. The average Bonchev–Trinajstić information content (AvgIpc) is 1.99. The Morgan fingerprint density at radius 2 is 2.23 bits per heavy atom. The number of cyclic esters (lactones) is 2. The van der Waals surface area contributed by atoms with Gasteiger partial charge in [0.15, 0.2) is 0 Å². The van der Waals surface area contributed by atoms with Crippen LogP contribution in [0.2, 0.25) is 0 Å². The summed E-state index contributed by atoms with van der Waals surface area (Å²) in [5.41, 5.74) is 0.517. The van der Waals surface area contributed by atoms with Crippen LogP contribution in [0.15, 0.2) is 11.6 Å². The smallest absolute Gasteiger partial charge is 0.338 e. The lowest BCUT2D eigenvalue weighted by Gasteiger charge is -2.09. The predicted octanol–water partition coefficient (Wildman–Crippen LogP) is 0.251. The lowest BCUT2D eigenvalue weighted by molar-refractivity contribution is -0.157. The molecule has 13 heavy (non-hydrogen) atoms. The Morgan fingerprint density at radius 3 is 2.77 bits per heavy atom. The van der Waals surface area contributed by atoms with Gasteiger partial charge in [0, 0.05) is 12.5 Å². The van der Waals surface area contributed by atoms with Gasteiger partial charge in [0.1, 0.15) is 0 Å². The van der Waals surface area contributed by atoms with Crippen LogP contribution in [0.3, 0.4) is 0 Å². The van der Waals surface area contributed by atoms with Crippen molar-refractivity contribution in [2.45, 2.75) is 19.3 Å². The van der Waals surface area contributed by atoms with E-state index in [-0.39, 0.29) is 19.3 Å². The molecule has 0 amide bonds. The van der Waals surface area contributed by atoms with E-state index in [0.717, 1.165) is 0 Å². The Balaban J connectivity index is 2.54. The average molecular weight is 184 g/mol. The first-order valence-electron chi connectivity index (χ1n) is 3.74. The number of carboxylic acids is 1. The Labute approximate surface area is 74.0 Å². The molecule has 1 aliphatic rings. The molecule has 0 aromatic heterocycles. The van der Waals surface area contributed by atoms with E-state index < -0.39 is 17.9 Å². The first-order chi connectivity index (χ1) is 6.08. The van der Waals surface area contributed by atoms with E-state index in [1.165, 1.54) is 6.08 Å². The van der Waals surface area contributed by atoms with Crippen molar-refractivity contribution in [1.82, 2.24) is 0 Å². The van der Waals surface area contributed by atoms with Crippen LogP contribution in [0.25, 0.3) is 0 Å². The first kappa shape index (κ1) is 9.44. The number of carbonyl (C=O) groups is 3. The number of esters is 2. The highest BCUT2D eigenvalue weighted by atomic mass is 16.6. The van der Waals surface area contributed by atoms with Gasteiger partial charge in [-0.25, -0.2) is 4.79 Å². The minimum atomic E-state index is -0.952. The van der Waals surface area contributed by atoms with Crippen molar-refractivity contribution in [2.24, 2.45) is 0 Å². The summed E-state index contributed by atoms with van der Waals surface area (Å²) in [7, 11) is 0. The lowest BCUT2D eigenvalue weighted by atomic mass is 10.1. The van der Waals surface area contributed by atoms with Crippen molar-refractivity contribution in [3.8, 4) is 0 Å². The third-order valence-electron chi connectivity index (χ3n) is 1.57. The van der Waals surface area contributed by atoms with Gasteiger partial charge in [0.25, 0.3) is 0 Å². The minimum Gasteiger partial charge on any atom is -0.481 e. The van der Waals surface area contributed by atoms with Crippen LogP contribution < -0.4 is 0 Å². The number of ether oxygens (including phenoxy) is 1. The SMILES string of the molecule is O=C(O)CCC1=CC(=O)OC(=O)C1. The molecule has 5 nitrogen and oxygen atoms in total. The van der Waals surface area contributed by atoms with Gasteiger partial charge in [-0.2, -0.15) is 0 Å². The fourth-order valence-electron chi connectivity index (χ4n) is 1.01. The second-order valence-electron chi connectivity index (χ2n) is 2.67. The van der Waals surface area contributed by atoms with Crippen molar-refractivity contribution in [3.63, 3.8) is 0 Å². The number of carbonyl (C=O) groups excluding carboxylic acids is 2. The zero-order chi connectivity index (χ0) is 9.84. The van der Waals surface area contributed by atoms with Gasteiger partial charge in [-0.05, 0) is 6.42 Å². The standard InChI is InChI=1S/C8H8O5/c9-6(10)2-1-5-3-7(11)13-8(12)4-5/h3H,1-2,4H2,(H,9,10). The molecule has 5 heteroatoms. The van der Waals surface area contributed by atoms with Crippen molar-refractivity contribution in [3.05, 3.63) is 11.6 Å². The first-order valence-corrected chi connectivity index (χ1v) is 3.74. The Morgan fingerprint density at radius 1 is 1.54 bits per heavy atom. The van der Waals surface area contributed by atoms with Crippen LogP contribution in [-0.2, 0) is 19.1 Å². The van der Waals surface area contributed by atoms with Crippen LogP contribution >= 0.6 is 0 Å². The monoisotopic (exact) mass is 184 g/mol.